The number of aliphatic hydroxyl groups excluding tert-OH is 1. The van der Waals surface area contributed by atoms with Crippen LogP contribution in [0.1, 0.15) is 36.3 Å². The Morgan fingerprint density at radius 1 is 1.22 bits per heavy atom. The van der Waals surface area contributed by atoms with E-state index in [0.29, 0.717) is 18.9 Å². The van der Waals surface area contributed by atoms with Crippen molar-refractivity contribution in [2.45, 2.75) is 37.5 Å². The number of nitrogens with zero attached hydrogens (tertiary/aromatic N) is 1. The minimum Gasteiger partial charge on any atom is -0.393 e. The van der Waals surface area contributed by atoms with E-state index in [2.05, 4.69) is 0 Å². The standard InChI is InChI=1S/C17H20F3NO2/c1-21(9-10-6-13(22)7-10)16(23)15-8-14(15)11-2-4-12(5-3-11)17(18,19)20/h2-5,10,13-15,22H,6-9H2,1H3/t10?,13?,14-,15+/m0/s1. The largest absolute Gasteiger partial charge is 0.416 e. The van der Waals surface area contributed by atoms with Crippen LogP contribution in [0.2, 0.25) is 0 Å². The van der Waals surface area contributed by atoms with Gasteiger partial charge in [-0.15, -0.1) is 0 Å². The van der Waals surface area contributed by atoms with Gasteiger partial charge < -0.3 is 10.0 Å². The highest BCUT2D eigenvalue weighted by atomic mass is 19.4. The maximum atomic E-state index is 12.6. The van der Waals surface area contributed by atoms with Crippen molar-refractivity contribution in [1.29, 1.82) is 0 Å². The summed E-state index contributed by atoms with van der Waals surface area (Å²) in [6.45, 7) is 0.645. The zero-order valence-corrected chi connectivity index (χ0v) is 12.9. The van der Waals surface area contributed by atoms with E-state index < -0.39 is 11.7 Å². The molecule has 1 aromatic rings. The number of benzene rings is 1. The van der Waals surface area contributed by atoms with E-state index in [1.807, 2.05) is 0 Å². The number of amides is 1. The fourth-order valence-corrected chi connectivity index (χ4v) is 3.37. The van der Waals surface area contributed by atoms with Crippen molar-refractivity contribution in [3.63, 3.8) is 0 Å². The van der Waals surface area contributed by atoms with Gasteiger partial charge in [-0.1, -0.05) is 12.1 Å². The molecule has 0 aromatic heterocycles. The lowest BCUT2D eigenvalue weighted by molar-refractivity contribution is -0.137. The summed E-state index contributed by atoms with van der Waals surface area (Å²) in [5.74, 6) is 0.319. The van der Waals surface area contributed by atoms with Gasteiger partial charge in [0, 0.05) is 19.5 Å². The Bertz CT molecular complexity index is 578. The van der Waals surface area contributed by atoms with Gasteiger partial charge in [-0.2, -0.15) is 13.2 Å². The summed E-state index contributed by atoms with van der Waals surface area (Å²) >= 11 is 0. The third kappa shape index (κ3) is 3.52. The number of rotatable bonds is 4. The molecule has 0 radical (unpaired) electrons. The second-order valence-corrected chi connectivity index (χ2v) is 6.78. The molecule has 0 aliphatic heterocycles. The van der Waals surface area contributed by atoms with E-state index in [1.165, 1.54) is 12.1 Å². The summed E-state index contributed by atoms with van der Waals surface area (Å²) < 4.78 is 37.7. The van der Waals surface area contributed by atoms with Crippen LogP contribution in [0.4, 0.5) is 13.2 Å². The van der Waals surface area contributed by atoms with Gasteiger partial charge in [0.25, 0.3) is 0 Å². The van der Waals surface area contributed by atoms with Crippen molar-refractivity contribution in [2.75, 3.05) is 13.6 Å². The summed E-state index contributed by atoms with van der Waals surface area (Å²) in [5.41, 5.74) is 0.134. The van der Waals surface area contributed by atoms with Crippen LogP contribution in [-0.4, -0.2) is 35.6 Å². The third-order valence-electron chi connectivity index (χ3n) is 4.89. The van der Waals surface area contributed by atoms with Crippen molar-refractivity contribution < 1.29 is 23.1 Å². The molecule has 2 aliphatic carbocycles. The van der Waals surface area contributed by atoms with Gasteiger partial charge in [-0.3, -0.25) is 4.79 Å². The molecule has 0 heterocycles. The van der Waals surface area contributed by atoms with Crippen LogP contribution >= 0.6 is 0 Å². The number of hydrogen-bond acceptors (Lipinski definition) is 2. The Morgan fingerprint density at radius 2 is 1.83 bits per heavy atom. The quantitative estimate of drug-likeness (QED) is 0.923. The first kappa shape index (κ1) is 16.3. The van der Waals surface area contributed by atoms with Crippen molar-refractivity contribution in [2.24, 2.45) is 11.8 Å². The fraction of sp³-hybridized carbons (Fsp3) is 0.588. The maximum Gasteiger partial charge on any atom is 0.416 e. The van der Waals surface area contributed by atoms with Gasteiger partial charge in [-0.25, -0.2) is 0 Å². The van der Waals surface area contributed by atoms with Gasteiger partial charge in [-0.05, 0) is 48.8 Å². The average molecular weight is 327 g/mol. The Balaban J connectivity index is 1.55. The molecule has 2 aliphatic rings. The SMILES string of the molecule is CN(CC1CC(O)C1)C(=O)[C@@H]1C[C@H]1c1ccc(C(F)(F)F)cc1. The van der Waals surface area contributed by atoms with E-state index in [9.17, 15) is 23.1 Å². The first-order valence-corrected chi connectivity index (χ1v) is 7.86. The Kier molecular flexibility index (Phi) is 4.12. The molecule has 0 spiro atoms. The van der Waals surface area contributed by atoms with Crippen LogP contribution in [0.5, 0.6) is 0 Å². The van der Waals surface area contributed by atoms with Crippen molar-refractivity contribution in [3.05, 3.63) is 35.4 Å². The zero-order chi connectivity index (χ0) is 16.8. The summed E-state index contributed by atoms with van der Waals surface area (Å²) in [7, 11) is 1.76. The average Bonchev–Trinajstić information content (AvgIpc) is 3.24. The van der Waals surface area contributed by atoms with Gasteiger partial charge in [0.15, 0.2) is 0 Å². The van der Waals surface area contributed by atoms with Crippen LogP contribution in [0.15, 0.2) is 24.3 Å². The van der Waals surface area contributed by atoms with Crippen LogP contribution in [0.3, 0.4) is 0 Å². The van der Waals surface area contributed by atoms with E-state index >= 15 is 0 Å². The minimum atomic E-state index is -4.33. The van der Waals surface area contributed by atoms with E-state index in [4.69, 9.17) is 0 Å². The number of aliphatic hydroxyl groups is 1. The smallest absolute Gasteiger partial charge is 0.393 e. The van der Waals surface area contributed by atoms with Crippen LogP contribution in [0.25, 0.3) is 0 Å². The molecule has 0 saturated heterocycles. The molecule has 1 amide bonds. The summed E-state index contributed by atoms with van der Waals surface area (Å²) in [6.07, 6.45) is -2.38. The molecule has 2 fully saturated rings. The van der Waals surface area contributed by atoms with E-state index in [1.54, 1.807) is 11.9 Å². The third-order valence-corrected chi connectivity index (χ3v) is 4.89. The number of hydrogen-bond donors (Lipinski definition) is 1. The highest BCUT2D eigenvalue weighted by Gasteiger charge is 2.46. The zero-order valence-electron chi connectivity index (χ0n) is 12.9. The normalized spacial score (nSPS) is 29.8. The Labute approximate surface area is 133 Å². The summed E-state index contributed by atoms with van der Waals surface area (Å²) in [4.78, 5) is 14.1. The number of carbonyl (C=O) groups is 1. The monoisotopic (exact) mass is 327 g/mol. The van der Waals surface area contributed by atoms with Crippen LogP contribution < -0.4 is 0 Å². The fourth-order valence-electron chi connectivity index (χ4n) is 3.37. The van der Waals surface area contributed by atoms with Crippen LogP contribution in [0, 0.1) is 11.8 Å². The number of carbonyl (C=O) groups excluding carboxylic acids is 1. The minimum absolute atomic E-state index is 0.0271. The predicted octanol–water partition coefficient (Wildman–Crippen LogP) is 3.04. The molecule has 1 N–H and O–H groups in total. The lowest BCUT2D eigenvalue weighted by atomic mass is 9.82. The number of halogens is 3. The number of alkyl halides is 3. The first-order valence-electron chi connectivity index (χ1n) is 7.86. The van der Waals surface area contributed by atoms with Crippen molar-refractivity contribution in [1.82, 2.24) is 4.90 Å². The van der Waals surface area contributed by atoms with Gasteiger partial charge in [0.1, 0.15) is 0 Å². The highest BCUT2D eigenvalue weighted by molar-refractivity contribution is 5.82. The van der Waals surface area contributed by atoms with Gasteiger partial charge in [0.2, 0.25) is 5.91 Å². The molecule has 6 heteroatoms. The second-order valence-electron chi connectivity index (χ2n) is 6.78. The molecule has 23 heavy (non-hydrogen) atoms. The Hall–Kier alpha value is -1.56. The topological polar surface area (TPSA) is 40.5 Å². The van der Waals surface area contributed by atoms with Crippen molar-refractivity contribution >= 4 is 5.91 Å². The van der Waals surface area contributed by atoms with Crippen LogP contribution in [-0.2, 0) is 11.0 Å². The van der Waals surface area contributed by atoms with E-state index in [-0.39, 0.29) is 23.8 Å². The second kappa shape index (κ2) is 5.82. The summed E-state index contributed by atoms with van der Waals surface area (Å²) in [6, 6.07) is 5.11. The van der Waals surface area contributed by atoms with Gasteiger partial charge >= 0.3 is 6.18 Å². The van der Waals surface area contributed by atoms with Gasteiger partial charge in [0.05, 0.1) is 11.7 Å². The molecule has 126 valence electrons. The predicted molar refractivity (Wildman–Crippen MR) is 78.7 cm³/mol. The van der Waals surface area contributed by atoms with Crippen molar-refractivity contribution in [3.8, 4) is 0 Å². The lowest BCUT2D eigenvalue weighted by Gasteiger charge is -2.34. The molecule has 0 bridgehead atoms. The molecule has 3 rings (SSSR count). The maximum absolute atomic E-state index is 12.6. The first-order chi connectivity index (χ1) is 10.8. The molecule has 1 aromatic carbocycles. The molecule has 2 atom stereocenters. The summed E-state index contributed by atoms with van der Waals surface area (Å²) in [5, 5.41) is 9.28. The molecule has 0 unspecified atom stereocenters. The molecular formula is C17H20F3NO2. The molecule has 3 nitrogen and oxygen atoms in total. The highest BCUT2D eigenvalue weighted by Crippen LogP contribution is 2.49. The Morgan fingerprint density at radius 3 is 2.35 bits per heavy atom. The molecular weight excluding hydrogens is 307 g/mol. The van der Waals surface area contributed by atoms with E-state index in [0.717, 1.165) is 30.5 Å². The molecule has 2 saturated carbocycles. The lowest BCUT2D eigenvalue weighted by Crippen LogP contribution is -2.40.